The smallest absolute Gasteiger partial charge is 0.269 e. The van der Waals surface area contributed by atoms with Crippen molar-refractivity contribution in [2.24, 2.45) is 16.8 Å². The minimum absolute atomic E-state index is 0.117. The maximum atomic E-state index is 10.9. The lowest BCUT2D eigenvalue weighted by molar-refractivity contribution is -0.384. The molecule has 1 heterocycles. The molecule has 1 unspecified atom stereocenters. The van der Waals surface area contributed by atoms with Crippen LogP contribution in [0.15, 0.2) is 23.2 Å². The fraction of sp³-hybridized carbons (Fsp3) is 0.611. The largest absolute Gasteiger partial charge is 0.348 e. The van der Waals surface area contributed by atoms with Crippen LogP contribution in [0, 0.1) is 28.9 Å². The third-order valence-electron chi connectivity index (χ3n) is 4.23. The number of aliphatic imine (C=N–C) groups is 1. The van der Waals surface area contributed by atoms with E-state index in [2.05, 4.69) is 32.6 Å². The Bertz CT molecular complexity index is 629. The molecule has 5 nitrogen and oxygen atoms in total. The van der Waals surface area contributed by atoms with Crippen molar-refractivity contribution < 1.29 is 4.92 Å². The number of non-ortho nitro benzene ring substituents is 1. The van der Waals surface area contributed by atoms with Crippen LogP contribution in [0.4, 0.5) is 11.4 Å². The zero-order valence-electron chi connectivity index (χ0n) is 15.2. The number of rotatable bonds is 5. The topological polar surface area (TPSA) is 58.7 Å². The number of hydrogen-bond acceptors (Lipinski definition) is 4. The number of amidine groups is 1. The zero-order chi connectivity index (χ0) is 17.9. The van der Waals surface area contributed by atoms with E-state index in [1.165, 1.54) is 12.5 Å². The van der Waals surface area contributed by atoms with Crippen molar-refractivity contribution in [3.8, 4) is 0 Å². The highest BCUT2D eigenvalue weighted by molar-refractivity contribution is 8.13. The summed E-state index contributed by atoms with van der Waals surface area (Å²) < 4.78 is 0. The lowest BCUT2D eigenvalue weighted by Crippen LogP contribution is -2.47. The van der Waals surface area contributed by atoms with Gasteiger partial charge in [0.2, 0.25) is 0 Å². The number of benzene rings is 1. The van der Waals surface area contributed by atoms with Crippen LogP contribution in [0.25, 0.3) is 0 Å². The van der Waals surface area contributed by atoms with Gasteiger partial charge in [0, 0.05) is 30.5 Å². The summed E-state index contributed by atoms with van der Waals surface area (Å²) in [5, 5.41) is 11.9. The second kappa shape index (κ2) is 8.01. The standard InChI is InChI=1S/C18H27N3O2S/c1-12(2)11-20-17(13(3)4)8-9-24-18(20)19-16-7-6-15(21(22)23)10-14(16)5/h6-7,10,12-13,17H,8-9,11H2,1-5H3. The fourth-order valence-corrected chi connectivity index (χ4v) is 4.11. The van der Waals surface area contributed by atoms with Crippen LogP contribution in [0.1, 0.15) is 39.7 Å². The minimum Gasteiger partial charge on any atom is -0.348 e. The molecular weight excluding hydrogens is 322 g/mol. The first-order valence-electron chi connectivity index (χ1n) is 8.52. The summed E-state index contributed by atoms with van der Waals surface area (Å²) in [5.41, 5.74) is 1.78. The summed E-state index contributed by atoms with van der Waals surface area (Å²) in [7, 11) is 0. The van der Waals surface area contributed by atoms with Crippen LogP contribution in [0.2, 0.25) is 0 Å². The van der Waals surface area contributed by atoms with Gasteiger partial charge in [-0.1, -0.05) is 39.5 Å². The van der Waals surface area contributed by atoms with E-state index >= 15 is 0 Å². The molecule has 1 aliphatic rings. The Labute approximate surface area is 148 Å². The van der Waals surface area contributed by atoms with Gasteiger partial charge in [-0.2, -0.15) is 0 Å². The summed E-state index contributed by atoms with van der Waals surface area (Å²) >= 11 is 1.79. The van der Waals surface area contributed by atoms with E-state index in [4.69, 9.17) is 4.99 Å². The molecule has 1 aliphatic heterocycles. The molecule has 0 bridgehead atoms. The van der Waals surface area contributed by atoms with Gasteiger partial charge in [-0.15, -0.1) is 0 Å². The first-order valence-corrected chi connectivity index (χ1v) is 9.51. The number of nitro groups is 1. The first-order chi connectivity index (χ1) is 11.3. The van der Waals surface area contributed by atoms with Crippen molar-refractivity contribution in [3.63, 3.8) is 0 Å². The van der Waals surface area contributed by atoms with Crippen molar-refractivity contribution in [1.82, 2.24) is 4.90 Å². The highest BCUT2D eigenvalue weighted by atomic mass is 32.2. The molecule has 0 saturated carbocycles. The number of aryl methyl sites for hydroxylation is 1. The van der Waals surface area contributed by atoms with Crippen LogP contribution in [0.3, 0.4) is 0 Å². The number of thioether (sulfide) groups is 1. The van der Waals surface area contributed by atoms with Crippen LogP contribution in [-0.4, -0.2) is 33.3 Å². The van der Waals surface area contributed by atoms with Gasteiger partial charge in [0.15, 0.2) is 5.17 Å². The Morgan fingerprint density at radius 2 is 2.08 bits per heavy atom. The quantitative estimate of drug-likeness (QED) is 0.554. The summed E-state index contributed by atoms with van der Waals surface area (Å²) in [6, 6.07) is 5.39. The molecule has 0 aromatic heterocycles. The third kappa shape index (κ3) is 4.50. The van der Waals surface area contributed by atoms with E-state index in [1.807, 2.05) is 6.92 Å². The molecule has 0 spiro atoms. The predicted molar refractivity (Wildman–Crippen MR) is 102 cm³/mol. The number of hydrogen-bond donors (Lipinski definition) is 0. The molecule has 2 rings (SSSR count). The molecule has 1 saturated heterocycles. The van der Waals surface area contributed by atoms with Crippen LogP contribution in [-0.2, 0) is 0 Å². The van der Waals surface area contributed by atoms with E-state index in [0.29, 0.717) is 17.9 Å². The Morgan fingerprint density at radius 3 is 2.62 bits per heavy atom. The van der Waals surface area contributed by atoms with Crippen molar-refractivity contribution in [1.29, 1.82) is 0 Å². The Balaban J connectivity index is 2.35. The van der Waals surface area contributed by atoms with Gasteiger partial charge in [-0.05, 0) is 36.8 Å². The van der Waals surface area contributed by atoms with Gasteiger partial charge in [-0.3, -0.25) is 10.1 Å². The summed E-state index contributed by atoms with van der Waals surface area (Å²) in [5.74, 6) is 2.21. The van der Waals surface area contributed by atoms with Crippen LogP contribution < -0.4 is 0 Å². The van der Waals surface area contributed by atoms with E-state index in [9.17, 15) is 10.1 Å². The summed E-state index contributed by atoms with van der Waals surface area (Å²) in [6.07, 6.45) is 1.17. The summed E-state index contributed by atoms with van der Waals surface area (Å²) in [4.78, 5) is 17.8. The van der Waals surface area contributed by atoms with Gasteiger partial charge in [0.05, 0.1) is 10.6 Å². The average molecular weight is 350 g/mol. The lowest BCUT2D eigenvalue weighted by Gasteiger charge is -2.41. The Morgan fingerprint density at radius 1 is 1.38 bits per heavy atom. The molecule has 1 aromatic carbocycles. The molecule has 1 aromatic rings. The minimum atomic E-state index is -0.362. The first kappa shape index (κ1) is 18.8. The van der Waals surface area contributed by atoms with Gasteiger partial charge in [-0.25, -0.2) is 4.99 Å². The highest BCUT2D eigenvalue weighted by Gasteiger charge is 2.30. The van der Waals surface area contributed by atoms with E-state index in [1.54, 1.807) is 23.9 Å². The van der Waals surface area contributed by atoms with Crippen molar-refractivity contribution in [3.05, 3.63) is 33.9 Å². The van der Waals surface area contributed by atoms with Gasteiger partial charge >= 0.3 is 0 Å². The molecule has 1 atom stereocenters. The Kier molecular flexibility index (Phi) is 6.27. The number of nitrogens with zero attached hydrogens (tertiary/aromatic N) is 3. The second-order valence-electron chi connectivity index (χ2n) is 7.12. The molecule has 1 fully saturated rings. The van der Waals surface area contributed by atoms with E-state index in [0.717, 1.165) is 28.7 Å². The molecule has 132 valence electrons. The van der Waals surface area contributed by atoms with Gasteiger partial charge < -0.3 is 4.90 Å². The van der Waals surface area contributed by atoms with Gasteiger partial charge in [0.25, 0.3) is 5.69 Å². The average Bonchev–Trinajstić information content (AvgIpc) is 2.49. The maximum absolute atomic E-state index is 10.9. The monoisotopic (exact) mass is 349 g/mol. The van der Waals surface area contributed by atoms with Crippen molar-refractivity contribution in [2.75, 3.05) is 12.3 Å². The molecular formula is C18H27N3O2S. The Hall–Kier alpha value is -1.56. The second-order valence-corrected chi connectivity index (χ2v) is 8.18. The SMILES string of the molecule is Cc1cc([N+](=O)[O-])ccc1N=C1SCCC(C(C)C)N1CC(C)C. The third-order valence-corrected chi connectivity index (χ3v) is 5.25. The number of nitro benzene ring substituents is 1. The van der Waals surface area contributed by atoms with Crippen molar-refractivity contribution in [2.45, 2.75) is 47.1 Å². The highest BCUT2D eigenvalue weighted by Crippen LogP contribution is 2.32. The summed E-state index contributed by atoms with van der Waals surface area (Å²) in [6.45, 7) is 11.9. The molecule has 0 radical (unpaired) electrons. The van der Waals surface area contributed by atoms with Gasteiger partial charge in [0.1, 0.15) is 0 Å². The zero-order valence-corrected chi connectivity index (χ0v) is 16.0. The molecule has 0 N–H and O–H groups in total. The van der Waals surface area contributed by atoms with E-state index < -0.39 is 0 Å². The van der Waals surface area contributed by atoms with E-state index in [-0.39, 0.29) is 10.6 Å². The molecule has 0 amide bonds. The molecule has 6 heteroatoms. The van der Waals surface area contributed by atoms with Crippen LogP contribution in [0.5, 0.6) is 0 Å². The van der Waals surface area contributed by atoms with Crippen LogP contribution >= 0.6 is 11.8 Å². The predicted octanol–water partition coefficient (Wildman–Crippen LogP) is 5.01. The maximum Gasteiger partial charge on any atom is 0.269 e. The normalized spacial score (nSPS) is 20.2. The van der Waals surface area contributed by atoms with Crippen molar-refractivity contribution >= 4 is 28.3 Å². The molecule has 0 aliphatic carbocycles. The lowest BCUT2D eigenvalue weighted by atomic mass is 9.99. The fourth-order valence-electron chi connectivity index (χ4n) is 3.03. The molecule has 24 heavy (non-hydrogen) atoms.